The molecule has 2 rings (SSSR count). The molecule has 0 aromatic carbocycles. The predicted molar refractivity (Wildman–Crippen MR) is 79.0 cm³/mol. The van der Waals surface area contributed by atoms with Crippen molar-refractivity contribution in [1.82, 2.24) is 0 Å². The molecule has 1 aromatic heterocycles. The van der Waals surface area contributed by atoms with Gasteiger partial charge < -0.3 is 5.11 Å². The van der Waals surface area contributed by atoms with Gasteiger partial charge in [-0.2, -0.15) is 0 Å². The first-order valence-corrected chi connectivity index (χ1v) is 7.92. The van der Waals surface area contributed by atoms with Crippen LogP contribution in [0.15, 0.2) is 12.1 Å². The second kappa shape index (κ2) is 4.97. The summed E-state index contributed by atoms with van der Waals surface area (Å²) in [6.07, 6.45) is 5.41. The summed E-state index contributed by atoms with van der Waals surface area (Å²) in [5, 5.41) is 10.9. The molecule has 0 spiro atoms. The van der Waals surface area contributed by atoms with Crippen LogP contribution < -0.4 is 0 Å². The summed E-state index contributed by atoms with van der Waals surface area (Å²) in [5.41, 5.74) is -0.185. The molecule has 18 heavy (non-hydrogen) atoms. The van der Waals surface area contributed by atoms with Gasteiger partial charge in [-0.25, -0.2) is 0 Å². The fourth-order valence-electron chi connectivity index (χ4n) is 3.12. The Bertz CT molecular complexity index is 401. The molecule has 0 saturated heterocycles. The summed E-state index contributed by atoms with van der Waals surface area (Å²) in [4.78, 5) is 2.48. The summed E-state index contributed by atoms with van der Waals surface area (Å²) >= 11 is 1.76. The Balaban J connectivity index is 2.13. The van der Waals surface area contributed by atoms with E-state index in [9.17, 15) is 5.11 Å². The molecular formula is C16H26OS. The van der Waals surface area contributed by atoms with Crippen LogP contribution in [0.5, 0.6) is 0 Å². The van der Waals surface area contributed by atoms with Crippen molar-refractivity contribution >= 4 is 11.3 Å². The van der Waals surface area contributed by atoms with E-state index in [1.165, 1.54) is 16.2 Å². The van der Waals surface area contributed by atoms with Gasteiger partial charge in [0.1, 0.15) is 0 Å². The van der Waals surface area contributed by atoms with Crippen LogP contribution in [-0.4, -0.2) is 5.11 Å². The number of aryl methyl sites for hydroxylation is 1. The minimum absolute atomic E-state index is 0.372. The van der Waals surface area contributed by atoms with E-state index in [2.05, 4.69) is 39.8 Å². The SMILES string of the molecule is Cc1ccc(C2(O)CCCC(C(C)(C)C)CC2)s1. The minimum Gasteiger partial charge on any atom is -0.384 e. The third kappa shape index (κ3) is 2.97. The van der Waals surface area contributed by atoms with Crippen LogP contribution >= 0.6 is 11.3 Å². The molecular weight excluding hydrogens is 240 g/mol. The Kier molecular flexibility index (Phi) is 3.89. The number of aliphatic hydroxyl groups is 1. The van der Waals surface area contributed by atoms with Crippen molar-refractivity contribution in [3.8, 4) is 0 Å². The Morgan fingerprint density at radius 3 is 2.50 bits per heavy atom. The van der Waals surface area contributed by atoms with Gasteiger partial charge in [-0.3, -0.25) is 0 Å². The first-order chi connectivity index (χ1) is 8.31. The Morgan fingerprint density at radius 1 is 1.22 bits per heavy atom. The van der Waals surface area contributed by atoms with Crippen molar-refractivity contribution in [3.63, 3.8) is 0 Å². The number of rotatable bonds is 1. The number of hydrogen-bond donors (Lipinski definition) is 1. The zero-order valence-corrected chi connectivity index (χ0v) is 12.9. The molecule has 1 aliphatic carbocycles. The summed E-state index contributed by atoms with van der Waals surface area (Å²) in [6.45, 7) is 9.11. The lowest BCUT2D eigenvalue weighted by molar-refractivity contribution is 0.0216. The molecule has 0 radical (unpaired) electrons. The van der Waals surface area contributed by atoms with Crippen LogP contribution in [0.3, 0.4) is 0 Å². The third-order valence-corrected chi connectivity index (χ3v) is 5.67. The van der Waals surface area contributed by atoms with Crippen LogP contribution in [-0.2, 0) is 5.60 Å². The van der Waals surface area contributed by atoms with Gasteiger partial charge in [0.25, 0.3) is 0 Å². The Labute approximate surface area is 115 Å². The largest absolute Gasteiger partial charge is 0.384 e. The van der Waals surface area contributed by atoms with Gasteiger partial charge >= 0.3 is 0 Å². The van der Waals surface area contributed by atoms with E-state index >= 15 is 0 Å². The average Bonchev–Trinajstić information content (AvgIpc) is 2.58. The highest BCUT2D eigenvalue weighted by atomic mass is 32.1. The molecule has 1 N–H and O–H groups in total. The highest BCUT2D eigenvalue weighted by molar-refractivity contribution is 7.12. The summed E-state index contributed by atoms with van der Waals surface area (Å²) in [6, 6.07) is 4.25. The van der Waals surface area contributed by atoms with Crippen LogP contribution in [0.2, 0.25) is 0 Å². The summed E-state index contributed by atoms with van der Waals surface area (Å²) in [7, 11) is 0. The quantitative estimate of drug-likeness (QED) is 0.719. The fraction of sp³-hybridized carbons (Fsp3) is 0.750. The normalized spacial score (nSPS) is 30.2. The van der Waals surface area contributed by atoms with Gasteiger partial charge in [0.05, 0.1) is 5.60 Å². The van der Waals surface area contributed by atoms with E-state index in [1.807, 2.05) is 0 Å². The molecule has 2 heteroatoms. The molecule has 1 aromatic rings. The molecule has 102 valence electrons. The average molecular weight is 266 g/mol. The lowest BCUT2D eigenvalue weighted by Gasteiger charge is -2.30. The molecule has 0 bridgehead atoms. The number of thiophene rings is 1. The predicted octanol–water partition coefficient (Wildman–Crippen LogP) is 4.87. The van der Waals surface area contributed by atoms with Crippen molar-refractivity contribution < 1.29 is 5.11 Å². The second-order valence-corrected chi connectivity index (χ2v) is 8.22. The van der Waals surface area contributed by atoms with Gasteiger partial charge in [0.15, 0.2) is 0 Å². The summed E-state index contributed by atoms with van der Waals surface area (Å²) in [5.74, 6) is 0.743. The first-order valence-electron chi connectivity index (χ1n) is 7.10. The topological polar surface area (TPSA) is 20.2 Å². The molecule has 1 fully saturated rings. The van der Waals surface area contributed by atoms with E-state index in [1.54, 1.807) is 11.3 Å². The maximum absolute atomic E-state index is 10.9. The smallest absolute Gasteiger partial charge is 0.0988 e. The minimum atomic E-state index is -0.557. The van der Waals surface area contributed by atoms with Crippen LogP contribution in [0.4, 0.5) is 0 Å². The third-order valence-electron chi connectivity index (χ3n) is 4.47. The first kappa shape index (κ1) is 14.1. The Hall–Kier alpha value is -0.340. The molecule has 2 unspecified atom stereocenters. The van der Waals surface area contributed by atoms with E-state index in [0.717, 1.165) is 31.6 Å². The molecule has 2 atom stereocenters. The van der Waals surface area contributed by atoms with E-state index < -0.39 is 5.60 Å². The summed E-state index contributed by atoms with van der Waals surface area (Å²) < 4.78 is 0. The van der Waals surface area contributed by atoms with Crippen molar-refractivity contribution in [3.05, 3.63) is 21.9 Å². The molecule has 0 aliphatic heterocycles. The zero-order chi connectivity index (χ0) is 13.4. The Morgan fingerprint density at radius 2 is 1.94 bits per heavy atom. The van der Waals surface area contributed by atoms with Crippen LogP contribution in [0, 0.1) is 18.3 Å². The van der Waals surface area contributed by atoms with Gasteiger partial charge in [-0.15, -0.1) is 11.3 Å². The van der Waals surface area contributed by atoms with Gasteiger partial charge in [0.2, 0.25) is 0 Å². The van der Waals surface area contributed by atoms with E-state index in [-0.39, 0.29) is 0 Å². The van der Waals surface area contributed by atoms with Crippen molar-refractivity contribution in [1.29, 1.82) is 0 Å². The number of hydrogen-bond acceptors (Lipinski definition) is 2. The molecule has 0 amide bonds. The zero-order valence-electron chi connectivity index (χ0n) is 12.1. The van der Waals surface area contributed by atoms with Crippen LogP contribution in [0.25, 0.3) is 0 Å². The highest BCUT2D eigenvalue weighted by Gasteiger charge is 2.36. The molecule has 1 nitrogen and oxygen atoms in total. The van der Waals surface area contributed by atoms with Crippen molar-refractivity contribution in [2.24, 2.45) is 11.3 Å². The molecule has 1 heterocycles. The highest BCUT2D eigenvalue weighted by Crippen LogP contribution is 2.44. The van der Waals surface area contributed by atoms with Gasteiger partial charge in [-0.05, 0) is 62.5 Å². The van der Waals surface area contributed by atoms with Crippen molar-refractivity contribution in [2.75, 3.05) is 0 Å². The second-order valence-electron chi connectivity index (χ2n) is 6.94. The van der Waals surface area contributed by atoms with E-state index in [4.69, 9.17) is 0 Å². The fourth-order valence-corrected chi connectivity index (χ4v) is 4.13. The van der Waals surface area contributed by atoms with E-state index in [0.29, 0.717) is 5.41 Å². The maximum Gasteiger partial charge on any atom is 0.0988 e. The lowest BCUT2D eigenvalue weighted by Crippen LogP contribution is -2.24. The monoisotopic (exact) mass is 266 g/mol. The lowest BCUT2D eigenvalue weighted by atomic mass is 9.76. The molecule has 1 aliphatic rings. The van der Waals surface area contributed by atoms with Gasteiger partial charge in [-0.1, -0.05) is 20.8 Å². The van der Waals surface area contributed by atoms with Gasteiger partial charge in [0, 0.05) is 9.75 Å². The van der Waals surface area contributed by atoms with Crippen LogP contribution in [0.1, 0.15) is 62.6 Å². The molecule has 1 saturated carbocycles. The standard InChI is InChI=1S/C16H26OS/c1-12-7-8-14(18-12)16(17)10-5-6-13(9-11-16)15(2,3)4/h7-8,13,17H,5-6,9-11H2,1-4H3. The maximum atomic E-state index is 10.9. The van der Waals surface area contributed by atoms with Crippen molar-refractivity contribution in [2.45, 2.75) is 65.4 Å².